The Hall–Kier alpha value is -1.91. The number of nitrogens with zero attached hydrogens (tertiary/aromatic N) is 2. The first-order valence-corrected chi connectivity index (χ1v) is 7.87. The van der Waals surface area contributed by atoms with Gasteiger partial charge in [-0.25, -0.2) is 0 Å². The monoisotopic (exact) mass is 298 g/mol. The molecule has 1 aliphatic heterocycles. The lowest BCUT2D eigenvalue weighted by atomic mass is 9.97. The van der Waals surface area contributed by atoms with E-state index in [1.165, 1.54) is 0 Å². The van der Waals surface area contributed by atoms with E-state index in [4.69, 9.17) is 0 Å². The molecule has 0 aromatic heterocycles. The highest BCUT2D eigenvalue weighted by Crippen LogP contribution is 2.29. The van der Waals surface area contributed by atoms with Crippen LogP contribution >= 0.6 is 0 Å². The minimum atomic E-state index is -0.763. The average Bonchev–Trinajstić information content (AvgIpc) is 2.56. The third kappa shape index (κ3) is 2.85. The third-order valence-electron chi connectivity index (χ3n) is 4.57. The lowest BCUT2D eigenvalue weighted by molar-refractivity contribution is -0.144. The molecule has 1 N–H and O–H groups in total. The van der Waals surface area contributed by atoms with Gasteiger partial charge in [-0.3, -0.25) is 9.69 Å². The summed E-state index contributed by atoms with van der Waals surface area (Å²) in [5.74, 6) is -0.763. The molecule has 22 heavy (non-hydrogen) atoms. The number of carboxylic acid groups (broad SMARTS) is 1. The van der Waals surface area contributed by atoms with E-state index in [0.29, 0.717) is 0 Å². The number of hydrogen-bond acceptors (Lipinski definition) is 3. The average molecular weight is 298 g/mol. The molecule has 0 saturated carbocycles. The van der Waals surface area contributed by atoms with Gasteiger partial charge in [0, 0.05) is 26.2 Å². The topological polar surface area (TPSA) is 43.8 Å². The van der Waals surface area contributed by atoms with E-state index < -0.39 is 12.0 Å². The Morgan fingerprint density at radius 3 is 2.45 bits per heavy atom. The van der Waals surface area contributed by atoms with Crippen LogP contribution in [0.1, 0.15) is 18.5 Å². The summed E-state index contributed by atoms with van der Waals surface area (Å²) in [5.41, 5.74) is 0.899. The zero-order valence-electron chi connectivity index (χ0n) is 12.9. The van der Waals surface area contributed by atoms with E-state index in [0.717, 1.165) is 49.1 Å². The standard InChI is InChI=1S/C18H22N2O2/c1-2-19-10-12-20(13-11-19)17(18(21)22)16-9-5-7-14-6-3-4-8-15(14)16/h3-9,17H,2,10-13H2,1H3,(H,21,22). The predicted octanol–water partition coefficient (Wildman–Crippen LogP) is 2.60. The molecule has 0 aliphatic carbocycles. The maximum atomic E-state index is 11.9. The molecule has 0 spiro atoms. The Balaban J connectivity index is 1.95. The van der Waals surface area contributed by atoms with E-state index in [9.17, 15) is 9.90 Å². The summed E-state index contributed by atoms with van der Waals surface area (Å²) in [6, 6.07) is 13.4. The lowest BCUT2D eigenvalue weighted by Gasteiger charge is -2.37. The van der Waals surface area contributed by atoms with Crippen molar-refractivity contribution in [3.8, 4) is 0 Å². The van der Waals surface area contributed by atoms with Crippen molar-refractivity contribution < 1.29 is 9.90 Å². The normalized spacial score (nSPS) is 18.4. The van der Waals surface area contributed by atoms with Gasteiger partial charge in [0.05, 0.1) is 0 Å². The van der Waals surface area contributed by atoms with Gasteiger partial charge in [0.15, 0.2) is 0 Å². The second-order valence-corrected chi connectivity index (χ2v) is 5.78. The predicted molar refractivity (Wildman–Crippen MR) is 88.0 cm³/mol. The van der Waals surface area contributed by atoms with Crippen LogP contribution in [0.25, 0.3) is 10.8 Å². The Bertz CT molecular complexity index is 658. The summed E-state index contributed by atoms with van der Waals surface area (Å²) in [6.07, 6.45) is 0. The van der Waals surface area contributed by atoms with Gasteiger partial charge in [0.25, 0.3) is 0 Å². The van der Waals surface area contributed by atoms with Crippen molar-refractivity contribution in [2.75, 3.05) is 32.7 Å². The van der Waals surface area contributed by atoms with Crippen LogP contribution in [0.2, 0.25) is 0 Å². The zero-order valence-corrected chi connectivity index (χ0v) is 12.9. The summed E-state index contributed by atoms with van der Waals surface area (Å²) >= 11 is 0. The van der Waals surface area contributed by atoms with E-state index >= 15 is 0 Å². The number of fused-ring (bicyclic) bond motifs is 1. The molecule has 2 aromatic rings. The Morgan fingerprint density at radius 2 is 1.77 bits per heavy atom. The zero-order chi connectivity index (χ0) is 15.5. The number of rotatable bonds is 4. The number of carboxylic acids is 1. The molecule has 1 atom stereocenters. The molecule has 1 heterocycles. The van der Waals surface area contributed by atoms with Crippen LogP contribution in [-0.4, -0.2) is 53.6 Å². The van der Waals surface area contributed by atoms with Crippen LogP contribution in [0.15, 0.2) is 42.5 Å². The number of piperazine rings is 1. The third-order valence-corrected chi connectivity index (χ3v) is 4.57. The fourth-order valence-electron chi connectivity index (χ4n) is 3.31. The van der Waals surface area contributed by atoms with Crippen LogP contribution in [0.3, 0.4) is 0 Å². The maximum absolute atomic E-state index is 11.9. The lowest BCUT2D eigenvalue weighted by Crippen LogP contribution is -2.49. The second kappa shape index (κ2) is 6.46. The van der Waals surface area contributed by atoms with Crippen LogP contribution in [0.4, 0.5) is 0 Å². The first-order valence-electron chi connectivity index (χ1n) is 7.87. The number of likely N-dealkylation sites (N-methyl/N-ethyl adjacent to an activating group) is 1. The summed E-state index contributed by atoms with van der Waals surface area (Å²) < 4.78 is 0. The van der Waals surface area contributed by atoms with Gasteiger partial charge >= 0.3 is 5.97 Å². The van der Waals surface area contributed by atoms with Gasteiger partial charge in [0.2, 0.25) is 0 Å². The van der Waals surface area contributed by atoms with Crippen molar-refractivity contribution in [1.82, 2.24) is 9.80 Å². The van der Waals surface area contributed by atoms with Crippen molar-refractivity contribution >= 4 is 16.7 Å². The van der Waals surface area contributed by atoms with Crippen molar-refractivity contribution in [3.63, 3.8) is 0 Å². The number of hydrogen-bond donors (Lipinski definition) is 1. The van der Waals surface area contributed by atoms with Gasteiger partial charge in [-0.1, -0.05) is 49.4 Å². The molecule has 1 aliphatic rings. The smallest absolute Gasteiger partial charge is 0.325 e. The van der Waals surface area contributed by atoms with Crippen molar-refractivity contribution in [2.45, 2.75) is 13.0 Å². The van der Waals surface area contributed by atoms with E-state index in [2.05, 4.69) is 16.7 Å². The highest BCUT2D eigenvalue weighted by molar-refractivity contribution is 5.90. The molecule has 1 fully saturated rings. The molecule has 0 bridgehead atoms. The largest absolute Gasteiger partial charge is 0.480 e. The SMILES string of the molecule is CCN1CCN(C(C(=O)O)c2cccc3ccccc23)CC1. The summed E-state index contributed by atoms with van der Waals surface area (Å²) in [7, 11) is 0. The van der Waals surface area contributed by atoms with Crippen molar-refractivity contribution in [3.05, 3.63) is 48.0 Å². The van der Waals surface area contributed by atoms with Gasteiger partial charge in [-0.2, -0.15) is 0 Å². The number of benzene rings is 2. The second-order valence-electron chi connectivity index (χ2n) is 5.78. The summed E-state index contributed by atoms with van der Waals surface area (Å²) in [4.78, 5) is 16.4. The van der Waals surface area contributed by atoms with E-state index in [-0.39, 0.29) is 0 Å². The minimum absolute atomic E-state index is 0.565. The molecular formula is C18H22N2O2. The van der Waals surface area contributed by atoms with Crippen molar-refractivity contribution in [1.29, 1.82) is 0 Å². The first-order chi connectivity index (χ1) is 10.7. The fourth-order valence-corrected chi connectivity index (χ4v) is 3.31. The molecule has 1 unspecified atom stereocenters. The Morgan fingerprint density at radius 1 is 1.09 bits per heavy atom. The fraction of sp³-hybridized carbons (Fsp3) is 0.389. The molecule has 0 amide bonds. The maximum Gasteiger partial charge on any atom is 0.325 e. The molecule has 4 nitrogen and oxygen atoms in total. The molecule has 0 radical (unpaired) electrons. The number of carbonyl (C=O) groups is 1. The van der Waals surface area contributed by atoms with Crippen LogP contribution in [-0.2, 0) is 4.79 Å². The molecule has 116 valence electrons. The Kier molecular flexibility index (Phi) is 4.41. The molecule has 1 saturated heterocycles. The number of aliphatic carboxylic acids is 1. The molecule has 3 rings (SSSR count). The van der Waals surface area contributed by atoms with Crippen molar-refractivity contribution in [2.24, 2.45) is 0 Å². The van der Waals surface area contributed by atoms with Gasteiger partial charge in [-0.05, 0) is 22.9 Å². The molecule has 4 heteroatoms. The quantitative estimate of drug-likeness (QED) is 0.942. The molecular weight excluding hydrogens is 276 g/mol. The summed E-state index contributed by atoms with van der Waals surface area (Å²) in [5, 5.41) is 11.9. The van der Waals surface area contributed by atoms with Gasteiger partial charge in [-0.15, -0.1) is 0 Å². The van der Waals surface area contributed by atoms with E-state index in [1.807, 2.05) is 42.5 Å². The molecule has 2 aromatic carbocycles. The van der Waals surface area contributed by atoms with Gasteiger partial charge in [0.1, 0.15) is 6.04 Å². The van der Waals surface area contributed by atoms with Gasteiger partial charge < -0.3 is 10.0 Å². The minimum Gasteiger partial charge on any atom is -0.480 e. The van der Waals surface area contributed by atoms with Crippen LogP contribution < -0.4 is 0 Å². The van der Waals surface area contributed by atoms with Crippen LogP contribution in [0.5, 0.6) is 0 Å². The highest BCUT2D eigenvalue weighted by atomic mass is 16.4. The first kappa shape index (κ1) is 15.0. The summed E-state index contributed by atoms with van der Waals surface area (Å²) in [6.45, 7) is 6.65. The van der Waals surface area contributed by atoms with Crippen LogP contribution in [0, 0.1) is 0 Å². The highest BCUT2D eigenvalue weighted by Gasteiger charge is 2.30. The van der Waals surface area contributed by atoms with E-state index in [1.54, 1.807) is 0 Å². The Labute approximate surface area is 131 Å².